The Labute approximate surface area is 128 Å². The van der Waals surface area contributed by atoms with Crippen molar-refractivity contribution in [2.75, 3.05) is 33.4 Å². The van der Waals surface area contributed by atoms with Crippen molar-refractivity contribution in [3.63, 3.8) is 0 Å². The minimum absolute atomic E-state index is 0.143. The number of nitrogens with one attached hydrogen (secondary N) is 1. The fourth-order valence-corrected chi connectivity index (χ4v) is 3.65. The summed E-state index contributed by atoms with van der Waals surface area (Å²) in [4.78, 5) is 0.143. The molecule has 6 nitrogen and oxygen atoms in total. The van der Waals surface area contributed by atoms with Crippen LogP contribution in [0.25, 0.3) is 0 Å². The molecule has 0 fully saturated rings. The van der Waals surface area contributed by atoms with Crippen molar-refractivity contribution in [2.24, 2.45) is 0 Å². The van der Waals surface area contributed by atoms with Gasteiger partial charge in [-0.05, 0) is 29.4 Å². The van der Waals surface area contributed by atoms with Crippen LogP contribution < -0.4 is 5.32 Å². The minimum atomic E-state index is -3.57. The monoisotopic (exact) mass is 368 g/mol. The van der Waals surface area contributed by atoms with Crippen LogP contribution >= 0.6 is 15.9 Å². The number of ether oxygens (including phenoxy) is 1. The summed E-state index contributed by atoms with van der Waals surface area (Å²) in [7, 11) is -2.04. The molecule has 0 saturated heterocycles. The Kier molecular flexibility index (Phi) is 7.18. The number of nitrogens with zero attached hydrogens (tertiary/aromatic N) is 1. The second-order valence-corrected chi connectivity index (χ2v) is 6.89. The van der Waals surface area contributed by atoms with Gasteiger partial charge in [0.2, 0.25) is 10.0 Å². The van der Waals surface area contributed by atoms with E-state index in [1.54, 1.807) is 6.07 Å². The fraction of sp³-hybridized carbons (Fsp3) is 0.667. The summed E-state index contributed by atoms with van der Waals surface area (Å²) in [6, 6.07) is 1.54. The van der Waals surface area contributed by atoms with Crippen LogP contribution in [-0.4, -0.2) is 46.1 Å². The van der Waals surface area contributed by atoms with Gasteiger partial charge in [0.25, 0.3) is 0 Å². The highest BCUT2D eigenvalue weighted by atomic mass is 79.9. The largest absolute Gasteiger partial charge is 0.452 e. The molecule has 0 bridgehead atoms. The molecule has 1 aromatic heterocycles. The van der Waals surface area contributed by atoms with Gasteiger partial charge in [-0.3, -0.25) is 0 Å². The van der Waals surface area contributed by atoms with Crippen molar-refractivity contribution >= 4 is 26.0 Å². The van der Waals surface area contributed by atoms with Crippen LogP contribution in [0.15, 0.2) is 20.0 Å². The molecule has 1 aromatic rings. The summed E-state index contributed by atoms with van der Waals surface area (Å²) < 4.78 is 36.8. The molecule has 0 atom stereocenters. The summed E-state index contributed by atoms with van der Waals surface area (Å²) in [5, 5.41) is 3.08. The second-order valence-electron chi connectivity index (χ2n) is 4.15. The third kappa shape index (κ3) is 4.56. The molecule has 1 heterocycles. The predicted octanol–water partition coefficient (Wildman–Crippen LogP) is 1.81. The molecule has 116 valence electrons. The first-order chi connectivity index (χ1) is 9.43. The molecule has 0 aromatic carbocycles. The molecule has 20 heavy (non-hydrogen) atoms. The maximum Gasteiger partial charge on any atom is 0.247 e. The van der Waals surface area contributed by atoms with Crippen LogP contribution in [0.5, 0.6) is 0 Å². The van der Waals surface area contributed by atoms with Gasteiger partial charge < -0.3 is 14.5 Å². The normalized spacial score (nSPS) is 12.2. The molecule has 0 aliphatic heterocycles. The second kappa shape index (κ2) is 8.14. The maximum absolute atomic E-state index is 12.4. The van der Waals surface area contributed by atoms with Gasteiger partial charge in [0.05, 0.1) is 13.2 Å². The van der Waals surface area contributed by atoms with Crippen molar-refractivity contribution in [3.05, 3.63) is 16.5 Å². The van der Waals surface area contributed by atoms with Crippen LogP contribution in [0.3, 0.4) is 0 Å². The number of rotatable bonds is 9. The number of hydrogen-bond donors (Lipinski definition) is 1. The average Bonchev–Trinajstić information content (AvgIpc) is 2.78. The molecule has 8 heteroatoms. The number of halogens is 1. The number of hydrogen-bond acceptors (Lipinski definition) is 5. The van der Waals surface area contributed by atoms with Crippen molar-refractivity contribution in [3.8, 4) is 0 Å². The van der Waals surface area contributed by atoms with Crippen LogP contribution in [0.4, 0.5) is 0 Å². The highest BCUT2D eigenvalue weighted by molar-refractivity contribution is 9.10. The molecular weight excluding hydrogens is 348 g/mol. The number of furan rings is 1. The summed E-state index contributed by atoms with van der Waals surface area (Å²) >= 11 is 3.16. The van der Waals surface area contributed by atoms with Crippen molar-refractivity contribution in [1.29, 1.82) is 0 Å². The Morgan fingerprint density at radius 3 is 2.75 bits per heavy atom. The van der Waals surface area contributed by atoms with Crippen molar-refractivity contribution in [2.45, 2.75) is 25.3 Å². The molecule has 0 aliphatic rings. The minimum Gasteiger partial charge on any atom is -0.452 e. The molecule has 0 amide bonds. The van der Waals surface area contributed by atoms with Gasteiger partial charge in [0, 0.05) is 26.3 Å². The number of likely N-dealkylation sites (N-methyl/N-ethyl adjacent to an activating group) is 1. The lowest BCUT2D eigenvalue weighted by molar-refractivity contribution is 0.138. The van der Waals surface area contributed by atoms with Crippen LogP contribution in [0.2, 0.25) is 0 Å². The first-order valence-corrected chi connectivity index (χ1v) is 8.69. The molecule has 0 saturated carbocycles. The predicted molar refractivity (Wildman–Crippen MR) is 80.1 cm³/mol. The lowest BCUT2D eigenvalue weighted by Gasteiger charge is -2.15. The molecule has 1 rings (SSSR count). The van der Waals surface area contributed by atoms with E-state index in [4.69, 9.17) is 9.15 Å². The zero-order valence-corrected chi connectivity index (χ0v) is 14.4. The molecule has 1 N–H and O–H groups in total. The Morgan fingerprint density at radius 2 is 2.15 bits per heavy atom. The van der Waals surface area contributed by atoms with E-state index in [2.05, 4.69) is 21.2 Å². The van der Waals surface area contributed by atoms with Gasteiger partial charge in [-0.1, -0.05) is 6.92 Å². The van der Waals surface area contributed by atoms with Crippen LogP contribution in [-0.2, 0) is 21.3 Å². The summed E-state index contributed by atoms with van der Waals surface area (Å²) in [6.45, 7) is 6.35. The van der Waals surface area contributed by atoms with Gasteiger partial charge in [-0.15, -0.1) is 0 Å². The first-order valence-electron chi connectivity index (χ1n) is 6.46. The van der Waals surface area contributed by atoms with Gasteiger partial charge >= 0.3 is 0 Å². The zero-order chi connectivity index (χ0) is 15.2. The van der Waals surface area contributed by atoms with E-state index >= 15 is 0 Å². The molecular formula is C12H21BrN2O4S. The topological polar surface area (TPSA) is 71.8 Å². The Balaban J connectivity index is 2.83. The van der Waals surface area contributed by atoms with Gasteiger partial charge in [0.15, 0.2) is 4.67 Å². The Morgan fingerprint density at radius 1 is 1.45 bits per heavy atom. The van der Waals surface area contributed by atoms with Crippen LogP contribution in [0.1, 0.15) is 19.6 Å². The lowest BCUT2D eigenvalue weighted by Crippen LogP contribution is -2.30. The van der Waals surface area contributed by atoms with Crippen LogP contribution in [0, 0.1) is 0 Å². The SMILES string of the molecule is CCNCc1cc(S(=O)(=O)N(C)CCOCC)c(Br)o1. The van der Waals surface area contributed by atoms with Crippen molar-refractivity contribution in [1.82, 2.24) is 9.62 Å². The van der Waals surface area contributed by atoms with E-state index in [0.29, 0.717) is 32.1 Å². The van der Waals surface area contributed by atoms with E-state index in [9.17, 15) is 8.42 Å². The average molecular weight is 369 g/mol. The molecule has 0 radical (unpaired) electrons. The van der Waals surface area contributed by atoms with E-state index < -0.39 is 10.0 Å². The van der Waals surface area contributed by atoms with E-state index in [1.807, 2.05) is 13.8 Å². The molecule has 0 spiro atoms. The van der Waals surface area contributed by atoms with Crippen molar-refractivity contribution < 1.29 is 17.6 Å². The quantitative estimate of drug-likeness (QED) is 0.673. The smallest absolute Gasteiger partial charge is 0.247 e. The fourth-order valence-electron chi connectivity index (χ4n) is 1.53. The molecule has 0 aliphatic carbocycles. The third-order valence-corrected chi connectivity index (χ3v) is 5.41. The first kappa shape index (κ1) is 17.6. The summed E-state index contributed by atoms with van der Waals surface area (Å²) in [5.74, 6) is 0.579. The third-order valence-electron chi connectivity index (χ3n) is 2.70. The highest BCUT2D eigenvalue weighted by Gasteiger charge is 2.26. The Bertz CT molecular complexity index is 516. The zero-order valence-electron chi connectivity index (χ0n) is 12.0. The summed E-state index contributed by atoms with van der Waals surface area (Å²) in [5.41, 5.74) is 0. The van der Waals surface area contributed by atoms with E-state index in [0.717, 1.165) is 6.54 Å². The number of sulfonamides is 1. The maximum atomic E-state index is 12.4. The summed E-state index contributed by atoms with van der Waals surface area (Å²) in [6.07, 6.45) is 0. The molecule has 0 unspecified atom stereocenters. The van der Waals surface area contributed by atoms with Gasteiger partial charge in [-0.2, -0.15) is 4.31 Å². The standard InChI is InChI=1S/C12H21BrN2O4S/c1-4-14-9-10-8-11(12(13)19-10)20(16,17)15(3)6-7-18-5-2/h8,14H,4-7,9H2,1-3H3. The van der Waals surface area contributed by atoms with E-state index in [1.165, 1.54) is 11.4 Å². The van der Waals surface area contributed by atoms with Gasteiger partial charge in [0.1, 0.15) is 10.7 Å². The van der Waals surface area contributed by atoms with Gasteiger partial charge in [-0.25, -0.2) is 8.42 Å². The lowest BCUT2D eigenvalue weighted by atomic mass is 10.4. The van der Waals surface area contributed by atoms with E-state index in [-0.39, 0.29) is 9.56 Å². The highest BCUT2D eigenvalue weighted by Crippen LogP contribution is 2.28. The Hall–Kier alpha value is -0.410.